The molecule has 2 rings (SSSR count). The fraction of sp³-hybridized carbons (Fsp3) is 0. The predicted octanol–water partition coefficient (Wildman–Crippen LogP) is 3.48. The van der Waals surface area contributed by atoms with Gasteiger partial charge in [-0.25, -0.2) is 5.43 Å². The first-order valence-corrected chi connectivity index (χ1v) is 7.32. The van der Waals surface area contributed by atoms with Crippen LogP contribution in [0, 0.1) is 10.1 Å². The van der Waals surface area contributed by atoms with E-state index in [1.807, 2.05) is 0 Å². The van der Waals surface area contributed by atoms with Gasteiger partial charge in [0.15, 0.2) is 0 Å². The van der Waals surface area contributed by atoms with Crippen LogP contribution in [-0.2, 0) is 0 Å². The van der Waals surface area contributed by atoms with Gasteiger partial charge in [-0.3, -0.25) is 14.9 Å². The lowest BCUT2D eigenvalue weighted by molar-refractivity contribution is -0.386. The number of nitrogens with one attached hydrogen (secondary N) is 1. The Morgan fingerprint density at radius 3 is 2.57 bits per heavy atom. The van der Waals surface area contributed by atoms with Crippen molar-refractivity contribution in [3.05, 3.63) is 67.1 Å². The maximum atomic E-state index is 11.8. The normalized spacial score (nSPS) is 10.7. The Morgan fingerprint density at radius 2 is 1.96 bits per heavy atom. The first-order chi connectivity index (χ1) is 10.9. The molecule has 0 aliphatic rings. The molecule has 0 saturated heterocycles. The predicted molar refractivity (Wildman–Crippen MR) is 89.0 cm³/mol. The molecule has 0 aromatic heterocycles. The lowest BCUT2D eigenvalue weighted by Crippen LogP contribution is -2.17. The fourth-order valence-corrected chi connectivity index (χ4v) is 2.27. The number of nitro benzene ring substituents is 1. The van der Waals surface area contributed by atoms with Crippen molar-refractivity contribution in [3.8, 4) is 5.75 Å². The highest BCUT2D eigenvalue weighted by Gasteiger charge is 2.20. The van der Waals surface area contributed by atoms with Gasteiger partial charge < -0.3 is 5.11 Å². The molecule has 1 amide bonds. The molecule has 0 radical (unpaired) electrons. The topological polar surface area (TPSA) is 105 Å². The van der Waals surface area contributed by atoms with E-state index < -0.39 is 22.3 Å². The summed E-state index contributed by atoms with van der Waals surface area (Å²) in [6, 6.07) is 8.99. The van der Waals surface area contributed by atoms with Crippen LogP contribution in [0.4, 0.5) is 5.69 Å². The third-order valence-electron chi connectivity index (χ3n) is 2.79. The van der Waals surface area contributed by atoms with Gasteiger partial charge in [0.2, 0.25) is 5.75 Å². The SMILES string of the molecule is O=C(N/N=C\c1ccc(Br)c([N+](=O)[O-])c1O)c1ccc(Cl)cc1. The van der Waals surface area contributed by atoms with Gasteiger partial charge in [0.1, 0.15) is 0 Å². The minimum absolute atomic E-state index is 0.0938. The minimum Gasteiger partial charge on any atom is -0.502 e. The van der Waals surface area contributed by atoms with Crippen LogP contribution < -0.4 is 5.43 Å². The summed E-state index contributed by atoms with van der Waals surface area (Å²) in [5.74, 6) is -1.03. The van der Waals surface area contributed by atoms with Crippen molar-refractivity contribution in [1.82, 2.24) is 5.43 Å². The molecule has 0 bridgehead atoms. The van der Waals surface area contributed by atoms with E-state index in [0.29, 0.717) is 10.6 Å². The van der Waals surface area contributed by atoms with E-state index >= 15 is 0 Å². The van der Waals surface area contributed by atoms with Crippen LogP contribution in [0.25, 0.3) is 0 Å². The van der Waals surface area contributed by atoms with Crippen LogP contribution in [0.5, 0.6) is 5.75 Å². The van der Waals surface area contributed by atoms with Crippen LogP contribution in [0.2, 0.25) is 5.02 Å². The summed E-state index contributed by atoms with van der Waals surface area (Å²) >= 11 is 8.71. The summed E-state index contributed by atoms with van der Waals surface area (Å²) in [4.78, 5) is 22.0. The van der Waals surface area contributed by atoms with E-state index in [-0.39, 0.29) is 10.0 Å². The number of rotatable bonds is 4. The lowest BCUT2D eigenvalue weighted by Gasteiger charge is -2.03. The van der Waals surface area contributed by atoms with Crippen LogP contribution in [-0.4, -0.2) is 22.2 Å². The van der Waals surface area contributed by atoms with E-state index in [1.165, 1.54) is 24.3 Å². The number of hydrazone groups is 1. The minimum atomic E-state index is -0.719. The molecule has 0 heterocycles. The molecule has 0 spiro atoms. The summed E-state index contributed by atoms with van der Waals surface area (Å²) in [5.41, 5.74) is 2.22. The van der Waals surface area contributed by atoms with Crippen molar-refractivity contribution in [3.63, 3.8) is 0 Å². The molecule has 2 aromatic rings. The van der Waals surface area contributed by atoms with E-state index in [1.54, 1.807) is 12.1 Å². The number of phenolic OH excluding ortho intramolecular Hbond substituents is 1. The molecule has 2 N–H and O–H groups in total. The maximum Gasteiger partial charge on any atom is 0.325 e. The zero-order valence-corrected chi connectivity index (χ0v) is 13.7. The molecule has 0 unspecified atom stereocenters. The van der Waals surface area contributed by atoms with E-state index in [9.17, 15) is 20.0 Å². The highest BCUT2D eigenvalue weighted by Crippen LogP contribution is 2.35. The van der Waals surface area contributed by atoms with Crippen molar-refractivity contribution in [1.29, 1.82) is 0 Å². The van der Waals surface area contributed by atoms with Crippen molar-refractivity contribution >= 4 is 45.3 Å². The highest BCUT2D eigenvalue weighted by atomic mass is 79.9. The van der Waals surface area contributed by atoms with Gasteiger partial charge in [-0.05, 0) is 52.3 Å². The van der Waals surface area contributed by atoms with Gasteiger partial charge in [-0.2, -0.15) is 5.10 Å². The average Bonchev–Trinajstić information content (AvgIpc) is 2.49. The molecule has 2 aromatic carbocycles. The maximum absolute atomic E-state index is 11.8. The number of hydrogen-bond acceptors (Lipinski definition) is 5. The van der Waals surface area contributed by atoms with Gasteiger partial charge in [-0.15, -0.1) is 0 Å². The summed E-state index contributed by atoms with van der Waals surface area (Å²) in [6.45, 7) is 0. The number of carbonyl (C=O) groups is 1. The molecule has 9 heteroatoms. The van der Waals surface area contributed by atoms with Crippen LogP contribution in [0.3, 0.4) is 0 Å². The number of benzene rings is 2. The van der Waals surface area contributed by atoms with Crippen molar-refractivity contribution in [2.24, 2.45) is 5.10 Å². The quantitative estimate of drug-likeness (QED) is 0.467. The zero-order chi connectivity index (χ0) is 17.0. The van der Waals surface area contributed by atoms with E-state index in [4.69, 9.17) is 11.6 Å². The first kappa shape index (κ1) is 16.9. The summed E-state index contributed by atoms with van der Waals surface area (Å²) < 4.78 is 0.141. The highest BCUT2D eigenvalue weighted by molar-refractivity contribution is 9.10. The second-order valence-corrected chi connectivity index (χ2v) is 5.59. The molecule has 0 fully saturated rings. The zero-order valence-electron chi connectivity index (χ0n) is 11.4. The molecular formula is C14H9BrClN3O4. The second-order valence-electron chi connectivity index (χ2n) is 4.30. The third-order valence-corrected chi connectivity index (χ3v) is 3.68. The molecule has 0 atom stereocenters. The Kier molecular flexibility index (Phi) is 5.30. The number of halogens is 2. The van der Waals surface area contributed by atoms with Crippen LogP contribution in [0.1, 0.15) is 15.9 Å². The largest absolute Gasteiger partial charge is 0.502 e. The lowest BCUT2D eigenvalue weighted by atomic mass is 10.2. The average molecular weight is 399 g/mol. The number of phenols is 1. The monoisotopic (exact) mass is 397 g/mol. The van der Waals surface area contributed by atoms with Crippen molar-refractivity contribution in [2.75, 3.05) is 0 Å². The van der Waals surface area contributed by atoms with Crippen LogP contribution in [0.15, 0.2) is 46.0 Å². The number of nitro groups is 1. The van der Waals surface area contributed by atoms with Crippen molar-refractivity contribution < 1.29 is 14.8 Å². The molecular weight excluding hydrogens is 390 g/mol. The number of nitrogens with zero attached hydrogens (tertiary/aromatic N) is 2. The molecule has 23 heavy (non-hydrogen) atoms. The third kappa shape index (κ3) is 4.05. The summed E-state index contributed by atoms with van der Waals surface area (Å²) in [7, 11) is 0. The van der Waals surface area contributed by atoms with Gasteiger partial charge in [-0.1, -0.05) is 11.6 Å². The Morgan fingerprint density at radius 1 is 1.30 bits per heavy atom. The van der Waals surface area contributed by atoms with E-state index in [0.717, 1.165) is 6.21 Å². The Labute approximate surface area is 143 Å². The standard InChI is InChI=1S/C14H9BrClN3O4/c15-11-6-3-9(13(20)12(11)19(22)23)7-17-18-14(21)8-1-4-10(16)5-2-8/h1-7,20H,(H,18,21)/b17-7-. The Hall–Kier alpha value is -2.45. The summed E-state index contributed by atoms with van der Waals surface area (Å²) in [5, 5.41) is 24.9. The molecule has 118 valence electrons. The molecule has 7 nitrogen and oxygen atoms in total. The summed E-state index contributed by atoms with van der Waals surface area (Å²) in [6.07, 6.45) is 1.11. The number of amides is 1. The Bertz CT molecular complexity index is 793. The smallest absolute Gasteiger partial charge is 0.325 e. The number of carbonyl (C=O) groups excluding carboxylic acids is 1. The molecule has 0 aliphatic carbocycles. The molecule has 0 saturated carbocycles. The van der Waals surface area contributed by atoms with Gasteiger partial charge in [0, 0.05) is 16.1 Å². The number of hydrogen-bond donors (Lipinski definition) is 2. The van der Waals surface area contributed by atoms with Gasteiger partial charge >= 0.3 is 5.69 Å². The van der Waals surface area contributed by atoms with Crippen LogP contribution >= 0.6 is 27.5 Å². The van der Waals surface area contributed by atoms with Gasteiger partial charge in [0.25, 0.3) is 5.91 Å². The fourth-order valence-electron chi connectivity index (χ4n) is 1.67. The number of aromatic hydroxyl groups is 1. The van der Waals surface area contributed by atoms with E-state index in [2.05, 4.69) is 26.5 Å². The second kappa shape index (κ2) is 7.21. The first-order valence-electron chi connectivity index (χ1n) is 6.15. The van der Waals surface area contributed by atoms with Crippen molar-refractivity contribution in [2.45, 2.75) is 0 Å². The Balaban J connectivity index is 2.15. The van der Waals surface area contributed by atoms with Gasteiger partial charge in [0.05, 0.1) is 15.6 Å². The molecule has 0 aliphatic heterocycles.